The smallest absolute Gasteiger partial charge is 0.328 e. The summed E-state index contributed by atoms with van der Waals surface area (Å²) in [4.78, 5) is 27.1. The Morgan fingerprint density at radius 2 is 2.13 bits per heavy atom. The van der Waals surface area contributed by atoms with Gasteiger partial charge in [-0.3, -0.25) is 4.79 Å². The van der Waals surface area contributed by atoms with E-state index in [-0.39, 0.29) is 5.91 Å². The molecular weight excluding hydrogens is 292 g/mol. The Morgan fingerprint density at radius 3 is 2.87 bits per heavy atom. The highest BCUT2D eigenvalue weighted by Crippen LogP contribution is 2.19. The predicted molar refractivity (Wildman–Crippen MR) is 90.0 cm³/mol. The number of rotatable bonds is 7. The van der Waals surface area contributed by atoms with E-state index in [4.69, 9.17) is 4.74 Å². The summed E-state index contributed by atoms with van der Waals surface area (Å²) in [6, 6.07) is 7.13. The zero-order chi connectivity index (χ0) is 16.7. The molecule has 1 aromatic heterocycles. The van der Waals surface area contributed by atoms with Crippen molar-refractivity contribution in [2.24, 2.45) is 0 Å². The minimum atomic E-state index is -0.710. The molecule has 0 spiro atoms. The molecule has 122 valence electrons. The number of allylic oxidation sites excluding steroid dienone is 1. The quantitative estimate of drug-likeness (QED) is 0.610. The molecule has 0 aliphatic carbocycles. The number of aromatic amines is 1. The van der Waals surface area contributed by atoms with E-state index in [0.717, 1.165) is 29.3 Å². The predicted octanol–water partition coefficient (Wildman–Crippen LogP) is 2.72. The number of hydrogen-bond donors (Lipinski definition) is 2. The third-order valence-electron chi connectivity index (χ3n) is 3.63. The number of unbranched alkanes of at least 4 members (excludes halogenated alkanes) is 1. The maximum atomic E-state index is 12.0. The molecule has 1 heterocycles. The summed E-state index contributed by atoms with van der Waals surface area (Å²) in [5.41, 5.74) is 1.97. The van der Waals surface area contributed by atoms with Gasteiger partial charge in [0.1, 0.15) is 6.04 Å². The number of esters is 1. The van der Waals surface area contributed by atoms with Crippen molar-refractivity contribution in [3.05, 3.63) is 48.2 Å². The van der Waals surface area contributed by atoms with E-state index in [1.807, 2.05) is 37.4 Å². The Kier molecular flexibility index (Phi) is 5.97. The van der Waals surface area contributed by atoms with Gasteiger partial charge in [0.15, 0.2) is 0 Å². The third-order valence-corrected chi connectivity index (χ3v) is 3.63. The standard InChI is InChI=1S/C18H22N2O3/c1-3-4-5-10-17(21)20-16(18(22)23-2)11-13-12-19-15-9-7-6-8-14(13)15/h5-10,12,16,19H,3-4,11H2,1-2H3,(H,20,21)/t16-/m0/s1. The maximum absolute atomic E-state index is 12.0. The van der Waals surface area contributed by atoms with Crippen molar-refractivity contribution in [3.8, 4) is 0 Å². The number of methoxy groups -OCH3 is 1. The fourth-order valence-corrected chi connectivity index (χ4v) is 2.43. The van der Waals surface area contributed by atoms with Crippen LogP contribution in [0.25, 0.3) is 10.9 Å². The third kappa shape index (κ3) is 4.45. The highest BCUT2D eigenvalue weighted by atomic mass is 16.5. The molecular formula is C18H22N2O3. The highest BCUT2D eigenvalue weighted by molar-refractivity contribution is 5.92. The van der Waals surface area contributed by atoms with Crippen molar-refractivity contribution in [3.63, 3.8) is 0 Å². The number of hydrogen-bond acceptors (Lipinski definition) is 3. The van der Waals surface area contributed by atoms with Crippen molar-refractivity contribution >= 4 is 22.8 Å². The number of carbonyl (C=O) groups excluding carboxylic acids is 2. The van der Waals surface area contributed by atoms with Gasteiger partial charge in [-0.25, -0.2) is 4.79 Å². The maximum Gasteiger partial charge on any atom is 0.328 e. The first-order valence-electron chi connectivity index (χ1n) is 7.75. The van der Waals surface area contributed by atoms with E-state index in [0.29, 0.717) is 6.42 Å². The lowest BCUT2D eigenvalue weighted by molar-refractivity contribution is -0.144. The summed E-state index contributed by atoms with van der Waals surface area (Å²) < 4.78 is 4.81. The summed E-state index contributed by atoms with van der Waals surface area (Å²) in [5, 5.41) is 3.75. The zero-order valence-corrected chi connectivity index (χ0v) is 13.5. The lowest BCUT2D eigenvalue weighted by atomic mass is 10.0. The lowest BCUT2D eigenvalue weighted by Crippen LogP contribution is -2.42. The molecule has 2 N–H and O–H groups in total. The minimum absolute atomic E-state index is 0.284. The molecule has 1 atom stereocenters. The first-order valence-corrected chi connectivity index (χ1v) is 7.75. The summed E-state index contributed by atoms with van der Waals surface area (Å²) in [6.07, 6.45) is 7.31. The number of amides is 1. The van der Waals surface area contributed by atoms with E-state index in [2.05, 4.69) is 10.3 Å². The van der Waals surface area contributed by atoms with Crippen LogP contribution in [-0.4, -0.2) is 30.0 Å². The van der Waals surface area contributed by atoms with Crippen molar-refractivity contribution < 1.29 is 14.3 Å². The Hall–Kier alpha value is -2.56. The van der Waals surface area contributed by atoms with Crippen molar-refractivity contribution in [1.29, 1.82) is 0 Å². The molecule has 1 aromatic carbocycles. The molecule has 0 radical (unpaired) electrons. The molecule has 0 saturated heterocycles. The van der Waals surface area contributed by atoms with Crippen LogP contribution in [0, 0.1) is 0 Å². The topological polar surface area (TPSA) is 71.2 Å². The van der Waals surface area contributed by atoms with E-state index >= 15 is 0 Å². The molecule has 0 saturated carbocycles. The first-order chi connectivity index (χ1) is 11.2. The first kappa shape index (κ1) is 16.8. The summed E-state index contributed by atoms with van der Waals surface area (Å²) in [7, 11) is 1.32. The number of ether oxygens (including phenoxy) is 1. The van der Waals surface area contributed by atoms with Gasteiger partial charge in [-0.2, -0.15) is 0 Å². The second-order valence-corrected chi connectivity index (χ2v) is 5.34. The van der Waals surface area contributed by atoms with Gasteiger partial charge in [0.2, 0.25) is 5.91 Å². The SMILES string of the molecule is CCCC=CC(=O)N[C@@H](Cc1c[nH]c2ccccc12)C(=O)OC. The van der Waals surface area contributed by atoms with Gasteiger partial charge in [-0.15, -0.1) is 0 Å². The van der Waals surface area contributed by atoms with Gasteiger partial charge < -0.3 is 15.0 Å². The van der Waals surface area contributed by atoms with Crippen molar-refractivity contribution in [2.75, 3.05) is 7.11 Å². The molecule has 0 aliphatic rings. The number of fused-ring (bicyclic) bond motifs is 1. The van der Waals surface area contributed by atoms with E-state index in [9.17, 15) is 9.59 Å². The van der Waals surface area contributed by atoms with Gasteiger partial charge in [0.25, 0.3) is 0 Å². The van der Waals surface area contributed by atoms with Crippen molar-refractivity contribution in [2.45, 2.75) is 32.2 Å². The Labute approximate surface area is 135 Å². The number of para-hydroxylation sites is 1. The molecule has 5 heteroatoms. The monoisotopic (exact) mass is 314 g/mol. The molecule has 0 bridgehead atoms. The van der Waals surface area contributed by atoms with Crippen LogP contribution in [-0.2, 0) is 20.7 Å². The van der Waals surface area contributed by atoms with Crippen LogP contribution in [0.4, 0.5) is 0 Å². The summed E-state index contributed by atoms with van der Waals surface area (Å²) in [5.74, 6) is -0.735. The lowest BCUT2D eigenvalue weighted by Gasteiger charge is -2.15. The average Bonchev–Trinajstić information content (AvgIpc) is 2.97. The highest BCUT2D eigenvalue weighted by Gasteiger charge is 2.22. The number of benzene rings is 1. The van der Waals surface area contributed by atoms with Gasteiger partial charge in [-0.05, 0) is 24.1 Å². The molecule has 2 aromatic rings. The second-order valence-electron chi connectivity index (χ2n) is 5.34. The summed E-state index contributed by atoms with van der Waals surface area (Å²) >= 11 is 0. The van der Waals surface area contributed by atoms with Crippen LogP contribution in [0.3, 0.4) is 0 Å². The van der Waals surface area contributed by atoms with Gasteiger partial charge in [0, 0.05) is 23.5 Å². The Balaban J connectivity index is 2.12. The molecule has 0 unspecified atom stereocenters. The van der Waals surface area contributed by atoms with E-state index < -0.39 is 12.0 Å². The van der Waals surface area contributed by atoms with E-state index in [1.165, 1.54) is 13.2 Å². The minimum Gasteiger partial charge on any atom is -0.467 e. The van der Waals surface area contributed by atoms with Gasteiger partial charge in [-0.1, -0.05) is 37.6 Å². The van der Waals surface area contributed by atoms with Crippen LogP contribution >= 0.6 is 0 Å². The van der Waals surface area contributed by atoms with Gasteiger partial charge in [0.05, 0.1) is 7.11 Å². The second kappa shape index (κ2) is 8.17. The number of aromatic nitrogens is 1. The van der Waals surface area contributed by atoms with Gasteiger partial charge >= 0.3 is 5.97 Å². The van der Waals surface area contributed by atoms with Crippen LogP contribution in [0.1, 0.15) is 25.3 Å². The number of nitrogens with one attached hydrogen (secondary N) is 2. The van der Waals surface area contributed by atoms with Crippen LogP contribution in [0.5, 0.6) is 0 Å². The molecule has 23 heavy (non-hydrogen) atoms. The zero-order valence-electron chi connectivity index (χ0n) is 13.5. The fourth-order valence-electron chi connectivity index (χ4n) is 2.43. The number of H-pyrrole nitrogens is 1. The van der Waals surface area contributed by atoms with Crippen LogP contribution in [0.15, 0.2) is 42.6 Å². The average molecular weight is 314 g/mol. The fraction of sp³-hybridized carbons (Fsp3) is 0.333. The van der Waals surface area contributed by atoms with Crippen LogP contribution in [0.2, 0.25) is 0 Å². The largest absolute Gasteiger partial charge is 0.467 e. The summed E-state index contributed by atoms with van der Waals surface area (Å²) in [6.45, 7) is 2.04. The molecule has 5 nitrogen and oxygen atoms in total. The molecule has 0 fully saturated rings. The van der Waals surface area contributed by atoms with Crippen molar-refractivity contribution in [1.82, 2.24) is 10.3 Å². The number of carbonyl (C=O) groups is 2. The Bertz CT molecular complexity index is 703. The Morgan fingerprint density at radius 1 is 1.35 bits per heavy atom. The molecule has 0 aliphatic heterocycles. The molecule has 1 amide bonds. The normalized spacial score (nSPS) is 12.4. The molecule has 2 rings (SSSR count). The van der Waals surface area contributed by atoms with Crippen LogP contribution < -0.4 is 5.32 Å². The van der Waals surface area contributed by atoms with E-state index in [1.54, 1.807) is 6.08 Å².